The Bertz CT molecular complexity index is 1100. The van der Waals surface area contributed by atoms with Gasteiger partial charge in [-0.1, -0.05) is 0 Å². The molecule has 1 N–H and O–H groups in total. The first-order valence-electron chi connectivity index (χ1n) is 11.5. The molecule has 2 aromatic heterocycles. The van der Waals surface area contributed by atoms with Crippen molar-refractivity contribution in [3.63, 3.8) is 0 Å². The zero-order valence-corrected chi connectivity index (χ0v) is 18.8. The van der Waals surface area contributed by atoms with E-state index in [1.807, 2.05) is 13.2 Å². The maximum Gasteiger partial charge on any atom is 0.165 e. The summed E-state index contributed by atoms with van der Waals surface area (Å²) < 4.78 is 19.9. The molecule has 32 heavy (non-hydrogen) atoms. The normalized spacial score (nSPS) is 18.3. The van der Waals surface area contributed by atoms with Gasteiger partial charge < -0.3 is 19.9 Å². The molecule has 0 radical (unpaired) electrons. The second-order valence-corrected chi connectivity index (χ2v) is 8.77. The van der Waals surface area contributed by atoms with Crippen LogP contribution in [-0.2, 0) is 0 Å². The van der Waals surface area contributed by atoms with Crippen LogP contribution < -0.4 is 19.9 Å². The van der Waals surface area contributed by atoms with Crippen molar-refractivity contribution in [2.24, 2.45) is 5.92 Å². The molecular weight excluding hydrogens is 405 g/mol. The number of nitrogens with zero attached hydrogens (tertiary/aromatic N) is 4. The lowest BCUT2D eigenvalue weighted by Crippen LogP contribution is -2.37. The van der Waals surface area contributed by atoms with Gasteiger partial charge in [0.15, 0.2) is 11.6 Å². The number of halogens is 1. The molecule has 2 aliphatic rings. The van der Waals surface area contributed by atoms with Gasteiger partial charge in [-0.15, -0.1) is 0 Å². The second kappa shape index (κ2) is 8.90. The van der Waals surface area contributed by atoms with Crippen molar-refractivity contribution in [3.8, 4) is 17.0 Å². The minimum atomic E-state index is -0.359. The Balaban J connectivity index is 1.54. The van der Waals surface area contributed by atoms with Crippen molar-refractivity contribution < 1.29 is 9.13 Å². The van der Waals surface area contributed by atoms with Crippen LogP contribution in [0, 0.1) is 11.7 Å². The van der Waals surface area contributed by atoms with E-state index < -0.39 is 0 Å². The number of ether oxygens (including phenoxy) is 1. The van der Waals surface area contributed by atoms with Gasteiger partial charge in [-0.2, -0.15) is 0 Å². The Morgan fingerprint density at radius 3 is 2.72 bits per heavy atom. The third-order valence-corrected chi connectivity index (χ3v) is 6.71. The molecule has 168 valence electrons. The van der Waals surface area contributed by atoms with E-state index >= 15 is 0 Å². The van der Waals surface area contributed by atoms with E-state index in [1.165, 1.54) is 13.5 Å². The van der Waals surface area contributed by atoms with Gasteiger partial charge in [0.1, 0.15) is 5.82 Å². The van der Waals surface area contributed by atoms with Gasteiger partial charge in [-0.25, -0.2) is 14.4 Å². The maximum absolute atomic E-state index is 14.6. The lowest BCUT2D eigenvalue weighted by Gasteiger charge is -2.31. The van der Waals surface area contributed by atoms with E-state index in [2.05, 4.69) is 38.3 Å². The Hall–Kier alpha value is -2.93. The predicted molar refractivity (Wildman–Crippen MR) is 127 cm³/mol. The van der Waals surface area contributed by atoms with Crippen molar-refractivity contribution in [1.29, 1.82) is 0 Å². The van der Waals surface area contributed by atoms with Crippen molar-refractivity contribution >= 4 is 22.4 Å². The van der Waals surface area contributed by atoms with Gasteiger partial charge >= 0.3 is 0 Å². The molecule has 2 fully saturated rings. The van der Waals surface area contributed by atoms with E-state index in [-0.39, 0.29) is 11.6 Å². The molecule has 2 aliphatic heterocycles. The second-order valence-electron chi connectivity index (χ2n) is 8.77. The van der Waals surface area contributed by atoms with Crippen LogP contribution in [0.5, 0.6) is 5.75 Å². The molecule has 4 heterocycles. The standard InChI is InChI=1S/C25H30FN5O/c1-27-8-6-17-7-11-31(16-17)23-13-21(18-4-5-25(28-15-18)30-9-3-10-30)29-22-14-24(32-2)20(26)12-19(22)23/h4-5,12-15,17,27H,3,6-11,16H2,1-2H3. The molecule has 1 aromatic carbocycles. The topological polar surface area (TPSA) is 53.5 Å². The molecule has 2 saturated heterocycles. The number of hydrogen-bond donors (Lipinski definition) is 1. The van der Waals surface area contributed by atoms with Crippen molar-refractivity contribution in [1.82, 2.24) is 15.3 Å². The largest absolute Gasteiger partial charge is 0.494 e. The molecule has 0 saturated carbocycles. The molecule has 5 rings (SSSR count). The lowest BCUT2D eigenvalue weighted by atomic mass is 10.1. The van der Waals surface area contributed by atoms with Gasteiger partial charge in [0.05, 0.1) is 18.3 Å². The Kier molecular flexibility index (Phi) is 5.83. The van der Waals surface area contributed by atoms with Crippen LogP contribution in [-0.4, -0.2) is 56.8 Å². The van der Waals surface area contributed by atoms with Crippen LogP contribution >= 0.6 is 0 Å². The van der Waals surface area contributed by atoms with Crippen molar-refractivity contribution in [2.75, 3.05) is 56.7 Å². The van der Waals surface area contributed by atoms with Gasteiger partial charge in [-0.05, 0) is 63.0 Å². The maximum atomic E-state index is 14.6. The van der Waals surface area contributed by atoms with Gasteiger partial charge in [0.25, 0.3) is 0 Å². The molecular formula is C25H30FN5O. The zero-order chi connectivity index (χ0) is 22.1. The first kappa shape index (κ1) is 20.9. The zero-order valence-electron chi connectivity index (χ0n) is 18.8. The minimum Gasteiger partial charge on any atom is -0.494 e. The van der Waals surface area contributed by atoms with E-state index in [1.54, 1.807) is 12.1 Å². The van der Waals surface area contributed by atoms with Crippen molar-refractivity contribution in [3.05, 3.63) is 42.3 Å². The molecule has 0 aliphatic carbocycles. The number of pyridine rings is 2. The predicted octanol–water partition coefficient (Wildman–Crippen LogP) is 4.09. The van der Waals surface area contributed by atoms with Crippen LogP contribution in [0.1, 0.15) is 19.3 Å². The fourth-order valence-electron chi connectivity index (χ4n) is 4.68. The Morgan fingerprint density at radius 2 is 2.03 bits per heavy atom. The number of benzene rings is 1. The average molecular weight is 436 g/mol. The monoisotopic (exact) mass is 435 g/mol. The number of nitrogens with one attached hydrogen (secondary N) is 1. The number of anilines is 2. The van der Waals surface area contributed by atoms with E-state index in [4.69, 9.17) is 9.72 Å². The smallest absolute Gasteiger partial charge is 0.165 e. The Labute approximate surface area is 188 Å². The van der Waals surface area contributed by atoms with Crippen LogP contribution in [0.15, 0.2) is 36.5 Å². The summed E-state index contributed by atoms with van der Waals surface area (Å²) in [6.45, 7) is 5.09. The van der Waals surface area contributed by atoms with E-state index in [0.717, 1.165) is 79.2 Å². The molecule has 0 spiro atoms. The molecule has 1 atom stereocenters. The third kappa shape index (κ3) is 3.97. The fraction of sp³-hybridized carbons (Fsp3) is 0.440. The molecule has 1 unspecified atom stereocenters. The summed E-state index contributed by atoms with van der Waals surface area (Å²) in [5.74, 6) is 1.50. The number of hydrogen-bond acceptors (Lipinski definition) is 6. The highest BCUT2D eigenvalue weighted by molar-refractivity contribution is 5.95. The van der Waals surface area contributed by atoms with Crippen LogP contribution in [0.2, 0.25) is 0 Å². The molecule has 7 heteroatoms. The highest BCUT2D eigenvalue weighted by atomic mass is 19.1. The Morgan fingerprint density at radius 1 is 1.16 bits per heavy atom. The summed E-state index contributed by atoms with van der Waals surface area (Å²) >= 11 is 0. The number of rotatable bonds is 7. The number of methoxy groups -OCH3 is 1. The summed E-state index contributed by atoms with van der Waals surface area (Å²) in [7, 11) is 3.48. The quantitative estimate of drug-likeness (QED) is 0.603. The fourth-order valence-corrected chi connectivity index (χ4v) is 4.68. The number of aromatic nitrogens is 2. The van der Waals surface area contributed by atoms with Gasteiger partial charge in [0, 0.05) is 55.1 Å². The summed E-state index contributed by atoms with van der Waals surface area (Å²) in [4.78, 5) is 14.2. The highest BCUT2D eigenvalue weighted by Gasteiger charge is 2.25. The highest BCUT2D eigenvalue weighted by Crippen LogP contribution is 2.37. The average Bonchev–Trinajstić information content (AvgIpc) is 3.25. The summed E-state index contributed by atoms with van der Waals surface area (Å²) in [5, 5.41) is 4.07. The summed E-state index contributed by atoms with van der Waals surface area (Å²) in [6, 6.07) is 9.50. The first-order chi connectivity index (χ1) is 15.7. The third-order valence-electron chi connectivity index (χ3n) is 6.71. The van der Waals surface area contributed by atoms with Gasteiger partial charge in [-0.3, -0.25) is 0 Å². The van der Waals surface area contributed by atoms with Gasteiger partial charge in [0.2, 0.25) is 0 Å². The molecule has 0 bridgehead atoms. The lowest BCUT2D eigenvalue weighted by molar-refractivity contribution is 0.387. The van der Waals surface area contributed by atoms with E-state index in [0.29, 0.717) is 5.92 Å². The number of fused-ring (bicyclic) bond motifs is 1. The molecule has 6 nitrogen and oxygen atoms in total. The van der Waals surface area contributed by atoms with Crippen LogP contribution in [0.25, 0.3) is 22.2 Å². The van der Waals surface area contributed by atoms with Crippen LogP contribution in [0.4, 0.5) is 15.9 Å². The first-order valence-corrected chi connectivity index (χ1v) is 11.5. The van der Waals surface area contributed by atoms with E-state index in [9.17, 15) is 4.39 Å². The van der Waals surface area contributed by atoms with Crippen LogP contribution in [0.3, 0.4) is 0 Å². The van der Waals surface area contributed by atoms with Crippen molar-refractivity contribution in [2.45, 2.75) is 19.3 Å². The SMILES string of the molecule is CNCCC1CCN(c2cc(-c3ccc(N4CCC4)nc3)nc3cc(OC)c(F)cc23)C1. The summed E-state index contributed by atoms with van der Waals surface area (Å²) in [5.41, 5.74) is 3.58. The molecule has 0 amide bonds. The summed E-state index contributed by atoms with van der Waals surface area (Å²) in [6.07, 6.45) is 5.41. The minimum absolute atomic E-state index is 0.215. The molecule has 3 aromatic rings.